The molecular weight excluding hydrogens is 303 g/mol. The molecule has 6 nitrogen and oxygen atoms in total. The number of amides is 1. The fraction of sp³-hybridized carbons (Fsp3) is 0.0625. The molecule has 7 heteroatoms. The third kappa shape index (κ3) is 4.92. The Labute approximate surface area is 131 Å². The van der Waals surface area contributed by atoms with E-state index in [9.17, 15) is 19.1 Å². The monoisotopic (exact) mass is 315 g/mol. The molecule has 0 bridgehead atoms. The average molecular weight is 315 g/mol. The normalized spacial score (nSPS) is 10.5. The molecule has 0 atom stereocenters. The predicted molar refractivity (Wildman–Crippen MR) is 78.4 cm³/mol. The van der Waals surface area contributed by atoms with E-state index >= 15 is 0 Å². The van der Waals surface area contributed by atoms with Crippen LogP contribution in [-0.4, -0.2) is 24.7 Å². The number of hydrogen-bond donors (Lipinski definition) is 1. The molecule has 23 heavy (non-hydrogen) atoms. The average Bonchev–Trinajstić information content (AvgIpc) is 2.53. The van der Waals surface area contributed by atoms with E-state index in [1.54, 1.807) is 24.3 Å². The van der Waals surface area contributed by atoms with Gasteiger partial charge in [-0.05, 0) is 30.3 Å². The Morgan fingerprint density at radius 3 is 2.74 bits per heavy atom. The molecule has 1 N–H and O–H groups in total. The summed E-state index contributed by atoms with van der Waals surface area (Å²) in [6.07, 6.45) is 1.29. The number of carboxylic acids is 1. The molecule has 2 rings (SSSR count). The number of halogens is 1. The molecule has 0 saturated heterocycles. The highest BCUT2D eigenvalue weighted by Crippen LogP contribution is 2.15. The van der Waals surface area contributed by atoms with Crippen molar-refractivity contribution in [2.45, 2.75) is 0 Å². The van der Waals surface area contributed by atoms with Crippen LogP contribution >= 0.6 is 0 Å². The number of carbonyl (C=O) groups excluding carboxylic acids is 2. The van der Waals surface area contributed by atoms with E-state index in [4.69, 9.17) is 4.74 Å². The largest absolute Gasteiger partial charge is 0.546 e. The zero-order valence-corrected chi connectivity index (χ0v) is 11.9. The van der Waals surface area contributed by atoms with Crippen LogP contribution in [0.25, 0.3) is 0 Å². The van der Waals surface area contributed by atoms with Gasteiger partial charge in [-0.25, -0.2) is 9.82 Å². The quantitative estimate of drug-likeness (QED) is 0.628. The van der Waals surface area contributed by atoms with E-state index in [1.165, 1.54) is 24.4 Å². The maximum Gasteiger partial charge on any atom is 0.271 e. The van der Waals surface area contributed by atoms with Crippen LogP contribution in [0, 0.1) is 5.82 Å². The summed E-state index contributed by atoms with van der Waals surface area (Å²) in [5.41, 5.74) is 2.84. The van der Waals surface area contributed by atoms with Crippen molar-refractivity contribution in [3.63, 3.8) is 0 Å². The van der Waals surface area contributed by atoms with E-state index < -0.39 is 24.3 Å². The SMILES string of the molecule is O=C([O-])COc1ccccc1/C=N\NC(=O)c1cccc(F)c1. The number of para-hydroxylation sites is 1. The van der Waals surface area contributed by atoms with E-state index in [-0.39, 0.29) is 11.3 Å². The smallest absolute Gasteiger partial charge is 0.271 e. The zero-order valence-electron chi connectivity index (χ0n) is 11.9. The molecule has 0 spiro atoms. The first-order chi connectivity index (χ1) is 11.1. The van der Waals surface area contributed by atoms with Gasteiger partial charge in [-0.1, -0.05) is 18.2 Å². The predicted octanol–water partition coefficient (Wildman–Crippen LogP) is 0.718. The Kier molecular flexibility index (Phi) is 5.40. The summed E-state index contributed by atoms with van der Waals surface area (Å²) in [5.74, 6) is -2.17. The second-order valence-corrected chi connectivity index (χ2v) is 4.41. The van der Waals surface area contributed by atoms with Gasteiger partial charge in [0.25, 0.3) is 5.91 Å². The van der Waals surface area contributed by atoms with Gasteiger partial charge in [-0.2, -0.15) is 5.10 Å². The molecule has 0 heterocycles. The molecular formula is C16H12FN2O4-. The second kappa shape index (κ2) is 7.69. The van der Waals surface area contributed by atoms with E-state index in [0.717, 1.165) is 6.07 Å². The molecule has 0 aliphatic rings. The fourth-order valence-electron chi connectivity index (χ4n) is 1.71. The summed E-state index contributed by atoms with van der Waals surface area (Å²) in [5, 5.41) is 14.2. The highest BCUT2D eigenvalue weighted by Gasteiger charge is 2.05. The number of nitrogens with zero attached hydrogens (tertiary/aromatic N) is 1. The number of benzene rings is 2. The van der Waals surface area contributed by atoms with Gasteiger partial charge in [0.1, 0.15) is 18.2 Å². The highest BCUT2D eigenvalue weighted by atomic mass is 19.1. The van der Waals surface area contributed by atoms with Crippen molar-refractivity contribution in [3.8, 4) is 5.75 Å². The maximum absolute atomic E-state index is 13.0. The number of hydrazone groups is 1. The van der Waals surface area contributed by atoms with Gasteiger partial charge < -0.3 is 14.6 Å². The van der Waals surface area contributed by atoms with Crippen LogP contribution < -0.4 is 15.3 Å². The molecule has 0 fully saturated rings. The highest BCUT2D eigenvalue weighted by molar-refractivity contribution is 5.95. The van der Waals surface area contributed by atoms with Gasteiger partial charge in [-0.15, -0.1) is 0 Å². The maximum atomic E-state index is 13.0. The Morgan fingerprint density at radius 1 is 1.22 bits per heavy atom. The first-order valence-corrected chi connectivity index (χ1v) is 6.57. The van der Waals surface area contributed by atoms with E-state index in [1.807, 2.05) is 0 Å². The van der Waals surface area contributed by atoms with Crippen molar-refractivity contribution < 1.29 is 23.8 Å². The van der Waals surface area contributed by atoms with E-state index in [0.29, 0.717) is 5.56 Å². The first kappa shape index (κ1) is 16.2. The topological polar surface area (TPSA) is 90.8 Å². The van der Waals surface area contributed by atoms with Crippen LogP contribution in [-0.2, 0) is 4.79 Å². The molecule has 0 saturated carbocycles. The Morgan fingerprint density at radius 2 is 2.00 bits per heavy atom. The van der Waals surface area contributed by atoms with Crippen LogP contribution in [0.15, 0.2) is 53.6 Å². The van der Waals surface area contributed by atoms with Crippen LogP contribution in [0.2, 0.25) is 0 Å². The lowest BCUT2D eigenvalue weighted by molar-refractivity contribution is -0.307. The lowest BCUT2D eigenvalue weighted by atomic mass is 10.2. The Hall–Kier alpha value is -3.22. The van der Waals surface area contributed by atoms with E-state index in [2.05, 4.69) is 10.5 Å². The molecule has 0 aliphatic heterocycles. The number of carbonyl (C=O) groups is 2. The van der Waals surface area contributed by atoms with Crippen molar-refractivity contribution in [3.05, 3.63) is 65.5 Å². The van der Waals surface area contributed by atoms with Crippen LogP contribution in [0.5, 0.6) is 5.75 Å². The van der Waals surface area contributed by atoms with Gasteiger partial charge >= 0.3 is 0 Å². The molecule has 1 amide bonds. The molecule has 0 radical (unpaired) electrons. The summed E-state index contributed by atoms with van der Waals surface area (Å²) >= 11 is 0. The minimum Gasteiger partial charge on any atom is -0.546 e. The minimum atomic E-state index is -1.35. The number of hydrogen-bond acceptors (Lipinski definition) is 5. The fourth-order valence-corrected chi connectivity index (χ4v) is 1.71. The van der Waals surface area contributed by atoms with Gasteiger partial charge in [0.2, 0.25) is 0 Å². The summed E-state index contributed by atoms with van der Waals surface area (Å²) < 4.78 is 18.1. The second-order valence-electron chi connectivity index (χ2n) is 4.41. The van der Waals surface area contributed by atoms with Crippen molar-refractivity contribution in [1.82, 2.24) is 5.43 Å². The summed E-state index contributed by atoms with van der Waals surface area (Å²) in [4.78, 5) is 22.2. The van der Waals surface area contributed by atoms with Crippen LogP contribution in [0.4, 0.5) is 4.39 Å². The molecule has 2 aromatic carbocycles. The van der Waals surface area contributed by atoms with Gasteiger partial charge in [0.15, 0.2) is 0 Å². The minimum absolute atomic E-state index is 0.128. The molecule has 2 aromatic rings. The van der Waals surface area contributed by atoms with Gasteiger partial charge in [0.05, 0.1) is 12.2 Å². The number of ether oxygens (including phenoxy) is 1. The Balaban J connectivity index is 2.03. The first-order valence-electron chi connectivity index (χ1n) is 6.57. The number of rotatable bonds is 6. The molecule has 118 valence electrons. The third-order valence-electron chi connectivity index (χ3n) is 2.72. The third-order valence-corrected chi connectivity index (χ3v) is 2.72. The van der Waals surface area contributed by atoms with Gasteiger partial charge in [0, 0.05) is 11.1 Å². The van der Waals surface area contributed by atoms with Crippen molar-refractivity contribution in [2.24, 2.45) is 5.10 Å². The molecule has 0 unspecified atom stereocenters. The van der Waals surface area contributed by atoms with Crippen LogP contribution in [0.3, 0.4) is 0 Å². The number of nitrogens with one attached hydrogen (secondary N) is 1. The Bertz CT molecular complexity index is 746. The summed E-state index contributed by atoms with van der Waals surface area (Å²) in [6.45, 7) is -0.597. The lowest BCUT2D eigenvalue weighted by Crippen LogP contribution is -2.29. The lowest BCUT2D eigenvalue weighted by Gasteiger charge is -2.09. The van der Waals surface area contributed by atoms with Crippen molar-refractivity contribution in [1.29, 1.82) is 0 Å². The van der Waals surface area contributed by atoms with Gasteiger partial charge in [-0.3, -0.25) is 4.79 Å². The summed E-state index contributed by atoms with van der Waals surface area (Å²) in [7, 11) is 0. The summed E-state index contributed by atoms with van der Waals surface area (Å²) in [6, 6.07) is 11.7. The number of aliphatic carboxylic acids is 1. The standard InChI is InChI=1S/C16H13FN2O4/c17-13-6-3-5-11(8-13)16(22)19-18-9-12-4-1-2-7-14(12)23-10-15(20)21/h1-9H,10H2,(H,19,22)(H,20,21)/p-1/b18-9-. The van der Waals surface area contributed by atoms with Crippen molar-refractivity contribution in [2.75, 3.05) is 6.61 Å². The zero-order chi connectivity index (χ0) is 16.7. The van der Waals surface area contributed by atoms with Crippen molar-refractivity contribution >= 4 is 18.1 Å². The molecule has 0 aromatic heterocycles. The van der Waals surface area contributed by atoms with Crippen LogP contribution in [0.1, 0.15) is 15.9 Å². The number of carboxylic acid groups (broad SMARTS) is 1. The molecule has 0 aliphatic carbocycles.